The summed E-state index contributed by atoms with van der Waals surface area (Å²) >= 11 is 5.37. The first-order chi connectivity index (χ1) is 9.74. The summed E-state index contributed by atoms with van der Waals surface area (Å²) in [5, 5.41) is 5.00. The molecule has 0 amide bonds. The molecule has 1 fully saturated rings. The fourth-order valence-electron chi connectivity index (χ4n) is 2.22. The van der Waals surface area contributed by atoms with Gasteiger partial charge in [-0.05, 0) is 31.4 Å². The Balaban J connectivity index is 1.62. The number of ether oxygens (including phenoxy) is 1. The van der Waals surface area contributed by atoms with Gasteiger partial charge in [0.1, 0.15) is 23.8 Å². The summed E-state index contributed by atoms with van der Waals surface area (Å²) in [6.45, 7) is 4.33. The molecule has 0 bridgehead atoms. The molecule has 0 unspecified atom stereocenters. The van der Waals surface area contributed by atoms with E-state index in [1.807, 2.05) is 12.1 Å². The first kappa shape index (κ1) is 13.3. The Labute approximate surface area is 123 Å². The van der Waals surface area contributed by atoms with E-state index < -0.39 is 0 Å². The summed E-state index contributed by atoms with van der Waals surface area (Å²) in [5.41, 5.74) is 4.54. The van der Waals surface area contributed by atoms with E-state index >= 15 is 0 Å². The molecule has 1 aromatic heterocycles. The number of hydrazone groups is 1. The van der Waals surface area contributed by atoms with Gasteiger partial charge in [0.15, 0.2) is 5.11 Å². The summed E-state index contributed by atoms with van der Waals surface area (Å²) < 4.78 is 5.51. The standard InChI is InChI=1S/C13H17N5OS/c1-17-5-7-18(8-6-17)13(20)16-15-10-9-19-11-3-2-4-14-12(10)11/h2-4H,5-9H2,1H3,(H,16,20)/b15-10-. The van der Waals surface area contributed by atoms with E-state index in [9.17, 15) is 0 Å². The van der Waals surface area contributed by atoms with E-state index in [2.05, 4.69) is 32.4 Å². The first-order valence-corrected chi connectivity index (χ1v) is 7.03. The maximum Gasteiger partial charge on any atom is 0.189 e. The van der Waals surface area contributed by atoms with Crippen molar-refractivity contribution in [1.82, 2.24) is 20.2 Å². The van der Waals surface area contributed by atoms with Crippen molar-refractivity contribution in [3.8, 4) is 5.75 Å². The van der Waals surface area contributed by atoms with Crippen molar-refractivity contribution >= 4 is 23.0 Å². The molecule has 2 aliphatic heterocycles. The Kier molecular flexibility index (Phi) is 3.79. The molecule has 6 nitrogen and oxygen atoms in total. The van der Waals surface area contributed by atoms with Gasteiger partial charge in [-0.15, -0.1) is 0 Å². The predicted molar refractivity (Wildman–Crippen MR) is 81.1 cm³/mol. The van der Waals surface area contributed by atoms with E-state index in [0.29, 0.717) is 11.7 Å². The second-order valence-electron chi connectivity index (χ2n) is 4.90. The molecule has 3 heterocycles. The lowest BCUT2D eigenvalue weighted by Gasteiger charge is -2.33. The number of piperazine rings is 1. The molecule has 1 N–H and O–H groups in total. The van der Waals surface area contributed by atoms with E-state index in [1.54, 1.807) is 6.20 Å². The quantitative estimate of drug-likeness (QED) is 0.593. The van der Waals surface area contributed by atoms with Crippen LogP contribution in [-0.4, -0.2) is 65.4 Å². The molecular formula is C13H17N5OS. The number of nitrogens with one attached hydrogen (secondary N) is 1. The number of fused-ring (bicyclic) bond motifs is 1. The van der Waals surface area contributed by atoms with Gasteiger partial charge in [0.25, 0.3) is 0 Å². The monoisotopic (exact) mass is 291 g/mol. The van der Waals surface area contributed by atoms with Crippen LogP contribution >= 0.6 is 12.2 Å². The molecule has 2 aliphatic rings. The van der Waals surface area contributed by atoms with Crippen molar-refractivity contribution in [2.75, 3.05) is 39.8 Å². The number of thiocarbonyl (C=S) groups is 1. The van der Waals surface area contributed by atoms with Crippen LogP contribution < -0.4 is 10.2 Å². The third kappa shape index (κ3) is 2.73. The largest absolute Gasteiger partial charge is 0.485 e. The van der Waals surface area contributed by atoms with Gasteiger partial charge in [0.2, 0.25) is 0 Å². The van der Waals surface area contributed by atoms with Crippen LogP contribution in [0.15, 0.2) is 23.4 Å². The second kappa shape index (κ2) is 5.72. The first-order valence-electron chi connectivity index (χ1n) is 6.62. The lowest BCUT2D eigenvalue weighted by Crippen LogP contribution is -2.49. The zero-order chi connectivity index (χ0) is 13.9. The normalized spacial score (nSPS) is 20.6. The Morgan fingerprint density at radius 1 is 1.40 bits per heavy atom. The molecule has 0 radical (unpaired) electrons. The third-order valence-electron chi connectivity index (χ3n) is 3.49. The highest BCUT2D eigenvalue weighted by Crippen LogP contribution is 2.21. The van der Waals surface area contributed by atoms with Gasteiger partial charge in [-0.3, -0.25) is 10.4 Å². The second-order valence-corrected chi connectivity index (χ2v) is 5.29. The number of aromatic nitrogens is 1. The Morgan fingerprint density at radius 3 is 3.00 bits per heavy atom. The molecule has 1 aromatic rings. The van der Waals surface area contributed by atoms with Gasteiger partial charge in [-0.2, -0.15) is 5.10 Å². The van der Waals surface area contributed by atoms with Crippen molar-refractivity contribution < 1.29 is 4.74 Å². The SMILES string of the molecule is CN1CCN(C(=S)N/N=C2/COc3cccnc32)CC1. The van der Waals surface area contributed by atoms with Crippen LogP contribution in [0, 0.1) is 0 Å². The van der Waals surface area contributed by atoms with Gasteiger partial charge >= 0.3 is 0 Å². The number of rotatable bonds is 1. The summed E-state index contributed by atoms with van der Waals surface area (Å²) in [4.78, 5) is 8.70. The van der Waals surface area contributed by atoms with Gasteiger partial charge in [-0.25, -0.2) is 0 Å². The van der Waals surface area contributed by atoms with Crippen molar-refractivity contribution in [1.29, 1.82) is 0 Å². The molecule has 0 aliphatic carbocycles. The number of hydrogen-bond donors (Lipinski definition) is 1. The zero-order valence-corrected chi connectivity index (χ0v) is 12.2. The minimum absolute atomic E-state index is 0.435. The molecule has 0 spiro atoms. The maximum absolute atomic E-state index is 5.51. The molecule has 0 aromatic carbocycles. The molecular weight excluding hydrogens is 274 g/mol. The molecule has 20 heavy (non-hydrogen) atoms. The van der Waals surface area contributed by atoms with Crippen molar-refractivity contribution in [3.05, 3.63) is 24.0 Å². The third-order valence-corrected chi connectivity index (χ3v) is 3.83. The molecule has 3 rings (SSSR count). The van der Waals surface area contributed by atoms with Crippen molar-refractivity contribution in [3.63, 3.8) is 0 Å². The number of pyridine rings is 1. The van der Waals surface area contributed by atoms with Crippen molar-refractivity contribution in [2.24, 2.45) is 5.10 Å². The van der Waals surface area contributed by atoms with Crippen LogP contribution in [0.25, 0.3) is 0 Å². The Hall–Kier alpha value is -1.73. The van der Waals surface area contributed by atoms with Crippen LogP contribution in [0.5, 0.6) is 5.75 Å². The molecule has 106 valence electrons. The maximum atomic E-state index is 5.51. The molecule has 0 saturated carbocycles. The summed E-state index contributed by atoms with van der Waals surface area (Å²) in [7, 11) is 2.12. The summed E-state index contributed by atoms with van der Waals surface area (Å²) in [6, 6.07) is 3.74. The fourth-order valence-corrected chi connectivity index (χ4v) is 2.45. The van der Waals surface area contributed by atoms with Crippen LogP contribution in [0.1, 0.15) is 5.69 Å². The molecule has 0 atom stereocenters. The summed E-state index contributed by atoms with van der Waals surface area (Å²) in [5.74, 6) is 0.776. The van der Waals surface area contributed by atoms with E-state index in [-0.39, 0.29) is 0 Å². The van der Waals surface area contributed by atoms with Crippen LogP contribution in [-0.2, 0) is 0 Å². The van der Waals surface area contributed by atoms with Crippen molar-refractivity contribution in [2.45, 2.75) is 0 Å². The lowest BCUT2D eigenvalue weighted by atomic mass is 10.3. The van der Waals surface area contributed by atoms with Gasteiger partial charge in [0, 0.05) is 32.4 Å². The van der Waals surface area contributed by atoms with Crippen LogP contribution in [0.4, 0.5) is 0 Å². The highest BCUT2D eigenvalue weighted by molar-refractivity contribution is 7.80. The van der Waals surface area contributed by atoms with Gasteiger partial charge in [-0.1, -0.05) is 0 Å². The average molecular weight is 291 g/mol. The van der Waals surface area contributed by atoms with Gasteiger partial charge in [0.05, 0.1) is 0 Å². The summed E-state index contributed by atoms with van der Waals surface area (Å²) in [6.07, 6.45) is 1.74. The molecule has 1 saturated heterocycles. The topological polar surface area (TPSA) is 53.0 Å². The minimum Gasteiger partial charge on any atom is -0.485 e. The lowest BCUT2D eigenvalue weighted by molar-refractivity contribution is 0.214. The van der Waals surface area contributed by atoms with E-state index in [0.717, 1.165) is 43.3 Å². The van der Waals surface area contributed by atoms with Crippen LogP contribution in [0.3, 0.4) is 0 Å². The fraction of sp³-hybridized carbons (Fsp3) is 0.462. The van der Waals surface area contributed by atoms with E-state index in [1.165, 1.54) is 0 Å². The predicted octanol–water partition coefficient (Wildman–Crippen LogP) is 0.300. The highest BCUT2D eigenvalue weighted by Gasteiger charge is 2.21. The van der Waals surface area contributed by atoms with Gasteiger partial charge < -0.3 is 14.5 Å². The smallest absolute Gasteiger partial charge is 0.189 e. The Morgan fingerprint density at radius 2 is 2.20 bits per heavy atom. The zero-order valence-electron chi connectivity index (χ0n) is 11.4. The Bertz CT molecular complexity index is 539. The van der Waals surface area contributed by atoms with E-state index in [4.69, 9.17) is 17.0 Å². The van der Waals surface area contributed by atoms with Crippen LogP contribution in [0.2, 0.25) is 0 Å². The minimum atomic E-state index is 0.435. The number of hydrogen-bond acceptors (Lipinski definition) is 5. The number of likely N-dealkylation sites (N-methyl/N-ethyl adjacent to an activating group) is 1. The average Bonchev–Trinajstić information content (AvgIpc) is 2.89. The number of nitrogens with zero attached hydrogens (tertiary/aromatic N) is 4. The molecule has 7 heteroatoms. The highest BCUT2D eigenvalue weighted by atomic mass is 32.1.